The zero-order valence-corrected chi connectivity index (χ0v) is 11.1. The van der Waals surface area contributed by atoms with Gasteiger partial charge in [-0.3, -0.25) is 4.79 Å². The molecule has 1 aliphatic rings. The Kier molecular flexibility index (Phi) is 4.52. The van der Waals surface area contributed by atoms with Crippen molar-refractivity contribution in [2.24, 2.45) is 5.73 Å². The van der Waals surface area contributed by atoms with Gasteiger partial charge in [0.05, 0.1) is 13.2 Å². The lowest BCUT2D eigenvalue weighted by molar-refractivity contribution is -0.121. The van der Waals surface area contributed by atoms with Crippen molar-refractivity contribution in [1.82, 2.24) is 0 Å². The molecule has 1 atom stereocenters. The molecule has 1 aromatic carbocycles. The largest absolute Gasteiger partial charge is 0.384 e. The summed E-state index contributed by atoms with van der Waals surface area (Å²) in [5.41, 5.74) is 6.97. The highest BCUT2D eigenvalue weighted by Crippen LogP contribution is 2.21. The minimum absolute atomic E-state index is 0.185. The van der Waals surface area contributed by atoms with E-state index < -0.39 is 5.54 Å². The first-order valence-electron chi connectivity index (χ1n) is 6.41. The number of rotatable bonds is 5. The number of para-hydroxylation sites is 1. The van der Waals surface area contributed by atoms with E-state index in [1.54, 1.807) is 7.11 Å². The second-order valence-corrected chi connectivity index (χ2v) is 4.81. The highest BCUT2D eigenvalue weighted by Gasteiger charge is 2.38. The summed E-state index contributed by atoms with van der Waals surface area (Å²) in [5, 5.41) is 2.90. The Morgan fingerprint density at radius 1 is 1.53 bits per heavy atom. The molecule has 5 nitrogen and oxygen atoms in total. The van der Waals surface area contributed by atoms with Crippen molar-refractivity contribution in [1.29, 1.82) is 0 Å². The zero-order chi connectivity index (χ0) is 13.7. The highest BCUT2D eigenvalue weighted by atomic mass is 16.5. The van der Waals surface area contributed by atoms with E-state index in [-0.39, 0.29) is 12.5 Å². The van der Waals surface area contributed by atoms with E-state index >= 15 is 0 Å². The topological polar surface area (TPSA) is 73.6 Å². The van der Waals surface area contributed by atoms with E-state index in [1.165, 1.54) is 0 Å². The van der Waals surface area contributed by atoms with E-state index in [9.17, 15) is 4.79 Å². The van der Waals surface area contributed by atoms with Gasteiger partial charge in [0.15, 0.2) is 0 Å². The first-order chi connectivity index (χ1) is 9.15. The number of hydrogen-bond donors (Lipinski definition) is 2. The number of carbonyl (C=O) groups is 1. The molecule has 1 fully saturated rings. The van der Waals surface area contributed by atoms with Crippen LogP contribution in [0.25, 0.3) is 0 Å². The molecule has 1 aliphatic heterocycles. The predicted molar refractivity (Wildman–Crippen MR) is 73.0 cm³/mol. The number of benzene rings is 1. The second-order valence-electron chi connectivity index (χ2n) is 4.81. The van der Waals surface area contributed by atoms with E-state index in [2.05, 4.69) is 5.32 Å². The number of methoxy groups -OCH3 is 1. The van der Waals surface area contributed by atoms with Gasteiger partial charge >= 0.3 is 0 Å². The molecule has 19 heavy (non-hydrogen) atoms. The monoisotopic (exact) mass is 264 g/mol. The van der Waals surface area contributed by atoms with Crippen molar-refractivity contribution in [3.8, 4) is 0 Å². The normalized spacial score (nSPS) is 22.4. The Labute approximate surface area is 113 Å². The van der Waals surface area contributed by atoms with Crippen molar-refractivity contribution in [3.63, 3.8) is 0 Å². The number of nitrogens with two attached hydrogens (primary N) is 1. The van der Waals surface area contributed by atoms with Crippen LogP contribution in [-0.4, -0.2) is 38.4 Å². The van der Waals surface area contributed by atoms with E-state index in [0.717, 1.165) is 17.7 Å². The van der Waals surface area contributed by atoms with Gasteiger partial charge in [0.2, 0.25) is 5.91 Å². The predicted octanol–water partition coefficient (Wildman–Crippen LogP) is 0.932. The molecule has 1 amide bonds. The Morgan fingerprint density at radius 3 is 3.00 bits per heavy atom. The summed E-state index contributed by atoms with van der Waals surface area (Å²) in [4.78, 5) is 12.2. The van der Waals surface area contributed by atoms with E-state index in [1.807, 2.05) is 24.3 Å². The summed E-state index contributed by atoms with van der Waals surface area (Å²) in [6.07, 6.45) is 1.31. The van der Waals surface area contributed by atoms with Gasteiger partial charge in [-0.15, -0.1) is 0 Å². The van der Waals surface area contributed by atoms with E-state index in [4.69, 9.17) is 15.2 Å². The minimum Gasteiger partial charge on any atom is -0.384 e. The van der Waals surface area contributed by atoms with Crippen LogP contribution in [0.1, 0.15) is 12.0 Å². The molecule has 0 saturated carbocycles. The Balaban J connectivity index is 2.07. The van der Waals surface area contributed by atoms with Gasteiger partial charge in [-0.05, 0) is 24.5 Å². The lowest BCUT2D eigenvalue weighted by Gasteiger charge is -2.21. The fourth-order valence-electron chi connectivity index (χ4n) is 2.08. The molecule has 5 heteroatoms. The maximum absolute atomic E-state index is 12.2. The molecular formula is C14H20N2O3. The molecule has 0 aliphatic carbocycles. The second kappa shape index (κ2) is 6.14. The Hall–Kier alpha value is -1.43. The van der Waals surface area contributed by atoms with Gasteiger partial charge in [0, 0.05) is 19.4 Å². The smallest absolute Gasteiger partial charge is 0.246 e. The van der Waals surface area contributed by atoms with Crippen LogP contribution in [0.3, 0.4) is 0 Å². The first-order valence-corrected chi connectivity index (χ1v) is 6.41. The Morgan fingerprint density at radius 2 is 2.32 bits per heavy atom. The van der Waals surface area contributed by atoms with Crippen molar-refractivity contribution in [2.45, 2.75) is 18.4 Å². The molecule has 104 valence electrons. The molecule has 2 rings (SSSR count). The molecule has 1 aromatic rings. The van der Waals surface area contributed by atoms with Gasteiger partial charge < -0.3 is 20.5 Å². The average Bonchev–Trinajstić information content (AvgIpc) is 2.86. The van der Waals surface area contributed by atoms with E-state index in [0.29, 0.717) is 19.6 Å². The van der Waals surface area contributed by atoms with Crippen molar-refractivity contribution in [3.05, 3.63) is 29.8 Å². The lowest BCUT2D eigenvalue weighted by atomic mass is 9.98. The maximum Gasteiger partial charge on any atom is 0.246 e. The maximum atomic E-state index is 12.2. The fourth-order valence-corrected chi connectivity index (χ4v) is 2.08. The van der Waals surface area contributed by atoms with Crippen LogP contribution in [0.4, 0.5) is 5.69 Å². The van der Waals surface area contributed by atoms with Gasteiger partial charge in [-0.25, -0.2) is 0 Å². The number of nitrogens with one attached hydrogen (secondary N) is 1. The zero-order valence-electron chi connectivity index (χ0n) is 11.1. The molecule has 0 bridgehead atoms. The molecule has 1 unspecified atom stereocenters. The highest BCUT2D eigenvalue weighted by molar-refractivity contribution is 5.98. The molecule has 0 radical (unpaired) electrons. The summed E-state index contributed by atoms with van der Waals surface area (Å²) in [6, 6.07) is 7.68. The van der Waals surface area contributed by atoms with Crippen LogP contribution in [-0.2, 0) is 20.7 Å². The Bertz CT molecular complexity index is 442. The molecular weight excluding hydrogens is 244 g/mol. The van der Waals surface area contributed by atoms with Crippen LogP contribution < -0.4 is 11.1 Å². The quantitative estimate of drug-likeness (QED) is 0.830. The molecule has 1 saturated heterocycles. The number of amides is 1. The summed E-state index contributed by atoms with van der Waals surface area (Å²) in [5.74, 6) is -0.185. The standard InChI is InChI=1S/C14H20N2O3/c1-18-8-6-11-4-2-3-5-12(11)16-13(17)14(15)7-9-19-10-14/h2-5H,6-10,15H2,1H3,(H,16,17). The molecule has 1 heterocycles. The fraction of sp³-hybridized carbons (Fsp3) is 0.500. The third-order valence-electron chi connectivity index (χ3n) is 3.35. The van der Waals surface area contributed by atoms with Gasteiger partial charge in [0.1, 0.15) is 5.54 Å². The molecule has 3 N–H and O–H groups in total. The number of carbonyl (C=O) groups excluding carboxylic acids is 1. The van der Waals surface area contributed by atoms with Crippen molar-refractivity contribution in [2.75, 3.05) is 32.2 Å². The summed E-state index contributed by atoms with van der Waals surface area (Å²) < 4.78 is 10.3. The van der Waals surface area contributed by atoms with Crippen molar-refractivity contribution >= 4 is 11.6 Å². The summed E-state index contributed by atoms with van der Waals surface area (Å²) in [7, 11) is 1.66. The SMILES string of the molecule is COCCc1ccccc1NC(=O)C1(N)CCOC1. The van der Waals surface area contributed by atoms with Crippen LogP contribution in [0.5, 0.6) is 0 Å². The molecule has 0 aromatic heterocycles. The average molecular weight is 264 g/mol. The van der Waals surface area contributed by atoms with Crippen LogP contribution in [0.2, 0.25) is 0 Å². The lowest BCUT2D eigenvalue weighted by Crippen LogP contribution is -2.51. The molecule has 0 spiro atoms. The first kappa shape index (κ1) is 14.0. The van der Waals surface area contributed by atoms with Crippen LogP contribution in [0, 0.1) is 0 Å². The van der Waals surface area contributed by atoms with Crippen LogP contribution in [0.15, 0.2) is 24.3 Å². The third kappa shape index (κ3) is 3.32. The number of anilines is 1. The van der Waals surface area contributed by atoms with Gasteiger partial charge in [-0.2, -0.15) is 0 Å². The third-order valence-corrected chi connectivity index (χ3v) is 3.35. The van der Waals surface area contributed by atoms with Crippen molar-refractivity contribution < 1.29 is 14.3 Å². The number of hydrogen-bond acceptors (Lipinski definition) is 4. The number of ether oxygens (including phenoxy) is 2. The summed E-state index contributed by atoms with van der Waals surface area (Å²) in [6.45, 7) is 1.43. The van der Waals surface area contributed by atoms with Gasteiger partial charge in [-0.1, -0.05) is 18.2 Å². The van der Waals surface area contributed by atoms with Crippen LogP contribution >= 0.6 is 0 Å². The summed E-state index contributed by atoms with van der Waals surface area (Å²) >= 11 is 0. The minimum atomic E-state index is -0.908. The van der Waals surface area contributed by atoms with Gasteiger partial charge in [0.25, 0.3) is 0 Å².